The highest BCUT2D eigenvalue weighted by Crippen LogP contribution is 2.33. The van der Waals surface area contributed by atoms with Crippen molar-refractivity contribution in [3.8, 4) is 21.8 Å². The molecule has 2 heterocycles. The van der Waals surface area contributed by atoms with Crippen LogP contribution in [0.25, 0.3) is 21.8 Å². The second-order valence-electron chi connectivity index (χ2n) is 6.40. The van der Waals surface area contributed by atoms with Crippen LogP contribution in [0.15, 0.2) is 48.0 Å². The van der Waals surface area contributed by atoms with Gasteiger partial charge in [-0.1, -0.05) is 26.0 Å². The van der Waals surface area contributed by atoms with Gasteiger partial charge >= 0.3 is 5.51 Å². The Bertz CT molecular complexity index is 907. The van der Waals surface area contributed by atoms with Crippen molar-refractivity contribution >= 4 is 29.0 Å². The van der Waals surface area contributed by atoms with Gasteiger partial charge in [0, 0.05) is 34.1 Å². The number of pyridine rings is 1. The van der Waals surface area contributed by atoms with Gasteiger partial charge in [-0.05, 0) is 36.6 Å². The molecular weight excluding hydrogens is 391 g/mol. The Morgan fingerprint density at radius 1 is 1.15 bits per heavy atom. The smallest absolute Gasteiger partial charge is 0.323 e. The zero-order valence-electron chi connectivity index (χ0n) is 14.7. The first-order chi connectivity index (χ1) is 12.8. The Morgan fingerprint density at radius 3 is 2.70 bits per heavy atom. The van der Waals surface area contributed by atoms with Gasteiger partial charge in [-0.3, -0.25) is 4.98 Å². The molecule has 0 amide bonds. The van der Waals surface area contributed by atoms with Crippen LogP contribution >= 0.6 is 23.3 Å². The molecule has 3 rings (SSSR count). The summed E-state index contributed by atoms with van der Waals surface area (Å²) in [5.74, 6) is 0.518. The van der Waals surface area contributed by atoms with Gasteiger partial charge in [0.25, 0.3) is 0 Å². The third-order valence-electron chi connectivity index (χ3n) is 3.63. The van der Waals surface area contributed by atoms with Gasteiger partial charge in [0.15, 0.2) is 0 Å². The molecule has 0 aliphatic rings. The largest absolute Gasteiger partial charge is 0.461 e. The number of nitrogens with one attached hydrogen (secondary N) is 1. The molecule has 0 fully saturated rings. The molecule has 27 heavy (non-hydrogen) atoms. The fourth-order valence-corrected chi connectivity index (χ4v) is 3.73. The minimum atomic E-state index is -4.33. The van der Waals surface area contributed by atoms with E-state index in [2.05, 4.69) is 28.5 Å². The lowest BCUT2D eigenvalue weighted by Crippen LogP contribution is -2.04. The van der Waals surface area contributed by atoms with Crippen molar-refractivity contribution in [2.45, 2.75) is 25.8 Å². The lowest BCUT2D eigenvalue weighted by atomic mass is 10.1. The molecule has 0 atom stereocenters. The number of benzene rings is 1. The Morgan fingerprint density at radius 2 is 1.96 bits per heavy atom. The highest BCUT2D eigenvalue weighted by molar-refractivity contribution is 8.01. The number of hydrogen-bond donors (Lipinski definition) is 1. The molecule has 0 aliphatic carbocycles. The lowest BCUT2D eigenvalue weighted by Gasteiger charge is -2.08. The van der Waals surface area contributed by atoms with Crippen LogP contribution in [0.5, 0.6) is 0 Å². The summed E-state index contributed by atoms with van der Waals surface area (Å²) in [6.45, 7) is 4.29. The molecule has 0 spiro atoms. The van der Waals surface area contributed by atoms with Crippen molar-refractivity contribution in [2.75, 3.05) is 4.72 Å². The lowest BCUT2D eigenvalue weighted by molar-refractivity contribution is -0.0323. The maximum absolute atomic E-state index is 12.4. The van der Waals surface area contributed by atoms with E-state index < -0.39 is 5.51 Å². The molecular formula is C19H18F3N3S2. The van der Waals surface area contributed by atoms with Gasteiger partial charge in [0.1, 0.15) is 5.01 Å². The Labute approximate surface area is 164 Å². The molecule has 2 aromatic heterocycles. The second-order valence-corrected chi connectivity index (χ2v) is 8.13. The average Bonchev–Trinajstić information content (AvgIpc) is 3.10. The highest BCUT2D eigenvalue weighted by Gasteiger charge is 2.28. The molecule has 142 valence electrons. The molecule has 8 heteroatoms. The SMILES string of the molecule is CC(C)Cc1cc(-c2nc(-c3cccc(NSC(F)(F)F)c3)cs2)ccn1. The van der Waals surface area contributed by atoms with E-state index in [1.165, 1.54) is 11.3 Å². The summed E-state index contributed by atoms with van der Waals surface area (Å²) in [6.07, 6.45) is 2.68. The molecule has 1 aromatic carbocycles. The molecule has 1 N–H and O–H groups in total. The summed E-state index contributed by atoms with van der Waals surface area (Å²) in [4.78, 5) is 9.05. The van der Waals surface area contributed by atoms with Crippen molar-refractivity contribution in [2.24, 2.45) is 5.92 Å². The van der Waals surface area contributed by atoms with Gasteiger partial charge in [0.2, 0.25) is 0 Å². The van der Waals surface area contributed by atoms with E-state index in [4.69, 9.17) is 0 Å². The van der Waals surface area contributed by atoms with E-state index in [1.54, 1.807) is 24.4 Å². The van der Waals surface area contributed by atoms with E-state index in [9.17, 15) is 13.2 Å². The Kier molecular flexibility index (Phi) is 6.06. The molecule has 0 unspecified atom stereocenters. The van der Waals surface area contributed by atoms with E-state index in [1.807, 2.05) is 23.6 Å². The predicted molar refractivity (Wildman–Crippen MR) is 107 cm³/mol. The second kappa shape index (κ2) is 8.31. The van der Waals surface area contributed by atoms with Crippen molar-refractivity contribution in [1.82, 2.24) is 9.97 Å². The molecule has 3 nitrogen and oxygen atoms in total. The summed E-state index contributed by atoms with van der Waals surface area (Å²) >= 11 is 1.23. The van der Waals surface area contributed by atoms with Crippen molar-refractivity contribution in [1.29, 1.82) is 0 Å². The van der Waals surface area contributed by atoms with Crippen LogP contribution in [0.3, 0.4) is 0 Å². The van der Waals surface area contributed by atoms with Gasteiger partial charge in [-0.15, -0.1) is 11.3 Å². The number of nitrogens with zero attached hydrogens (tertiary/aromatic N) is 2. The maximum Gasteiger partial charge on any atom is 0.461 e. The monoisotopic (exact) mass is 409 g/mol. The molecule has 0 radical (unpaired) electrons. The number of thiazole rings is 1. The summed E-state index contributed by atoms with van der Waals surface area (Å²) in [7, 11) is 0. The van der Waals surface area contributed by atoms with Crippen LogP contribution in [0, 0.1) is 5.92 Å². The average molecular weight is 410 g/mol. The first-order valence-corrected chi connectivity index (χ1v) is 10.0. The number of anilines is 1. The molecule has 0 bridgehead atoms. The highest BCUT2D eigenvalue weighted by atomic mass is 32.2. The number of alkyl halides is 3. The maximum atomic E-state index is 12.4. The van der Waals surface area contributed by atoms with Crippen LogP contribution in [0.4, 0.5) is 18.9 Å². The third-order valence-corrected chi connectivity index (χ3v) is 5.09. The number of rotatable bonds is 6. The van der Waals surface area contributed by atoms with Crippen molar-refractivity contribution < 1.29 is 13.2 Å². The van der Waals surface area contributed by atoms with E-state index in [0.717, 1.165) is 33.9 Å². The molecule has 0 saturated heterocycles. The molecule has 0 aliphatic heterocycles. The first-order valence-electron chi connectivity index (χ1n) is 8.32. The fourth-order valence-electron chi connectivity index (χ4n) is 2.54. The zero-order chi connectivity index (χ0) is 19.4. The van der Waals surface area contributed by atoms with Gasteiger partial charge in [-0.2, -0.15) is 13.2 Å². The summed E-state index contributed by atoms with van der Waals surface area (Å²) in [5.41, 5.74) is -0.431. The van der Waals surface area contributed by atoms with Crippen LogP contribution in [0.1, 0.15) is 19.5 Å². The van der Waals surface area contributed by atoms with Crippen LogP contribution < -0.4 is 4.72 Å². The fraction of sp³-hybridized carbons (Fsp3) is 0.263. The van der Waals surface area contributed by atoms with Gasteiger partial charge in [0.05, 0.1) is 17.6 Å². The Hall–Kier alpha value is -2.06. The standard InChI is InChI=1S/C19H18F3N3S2/c1-12(2)8-16-10-14(6-7-23-16)18-24-17(11-26-18)13-4-3-5-15(9-13)25-27-19(20,21)22/h3-7,9-12,25H,8H2,1-2H3. The quantitative estimate of drug-likeness (QED) is 0.463. The van der Waals surface area contributed by atoms with Crippen LogP contribution in [-0.4, -0.2) is 15.5 Å². The summed E-state index contributed by atoms with van der Waals surface area (Å²) < 4.78 is 39.4. The summed E-state index contributed by atoms with van der Waals surface area (Å²) in [5, 5.41) is 2.77. The minimum absolute atomic E-state index is 0.276. The minimum Gasteiger partial charge on any atom is -0.323 e. The van der Waals surface area contributed by atoms with E-state index in [-0.39, 0.29) is 11.9 Å². The van der Waals surface area contributed by atoms with E-state index in [0.29, 0.717) is 11.6 Å². The summed E-state index contributed by atoms with van der Waals surface area (Å²) in [6, 6.07) is 10.8. The number of halogens is 3. The predicted octanol–water partition coefficient (Wildman–Crippen LogP) is 6.65. The van der Waals surface area contributed by atoms with Gasteiger partial charge in [-0.25, -0.2) is 4.98 Å². The van der Waals surface area contributed by atoms with Crippen molar-refractivity contribution in [3.63, 3.8) is 0 Å². The van der Waals surface area contributed by atoms with Crippen molar-refractivity contribution in [3.05, 3.63) is 53.7 Å². The zero-order valence-corrected chi connectivity index (χ0v) is 16.4. The van der Waals surface area contributed by atoms with Gasteiger partial charge < -0.3 is 4.72 Å². The molecule has 3 aromatic rings. The third kappa shape index (κ3) is 5.71. The first kappa shape index (κ1) is 19.7. The topological polar surface area (TPSA) is 37.8 Å². The number of hydrogen-bond acceptors (Lipinski definition) is 5. The van der Waals surface area contributed by atoms with Crippen LogP contribution in [-0.2, 0) is 6.42 Å². The normalized spacial score (nSPS) is 11.8. The van der Waals surface area contributed by atoms with E-state index >= 15 is 0 Å². The Balaban J connectivity index is 1.80. The number of aromatic nitrogens is 2. The molecule has 0 saturated carbocycles. The van der Waals surface area contributed by atoms with Crippen LogP contribution in [0.2, 0.25) is 0 Å².